The van der Waals surface area contributed by atoms with Gasteiger partial charge in [0.05, 0.1) is 6.21 Å². The first-order chi connectivity index (χ1) is 8.65. The molecule has 4 nitrogen and oxygen atoms in total. The molecule has 1 aromatic carbocycles. The lowest BCUT2D eigenvalue weighted by atomic mass is 10.2. The normalized spacial score (nSPS) is 10.8. The van der Waals surface area contributed by atoms with Crippen LogP contribution in [0.4, 0.5) is 0 Å². The van der Waals surface area contributed by atoms with Gasteiger partial charge in [0.2, 0.25) is 0 Å². The average molecular weight is 419 g/mol. The highest BCUT2D eigenvalue weighted by Crippen LogP contribution is 2.12. The second kappa shape index (κ2) is 6.14. The molecule has 0 unspecified atom stereocenters. The Bertz CT molecular complexity index is 595. The van der Waals surface area contributed by atoms with Crippen LogP contribution < -0.4 is 5.43 Å². The van der Waals surface area contributed by atoms with E-state index in [4.69, 9.17) is 4.42 Å². The van der Waals surface area contributed by atoms with Gasteiger partial charge in [-0.25, -0.2) is 5.43 Å². The van der Waals surface area contributed by atoms with Crippen molar-refractivity contribution in [2.75, 3.05) is 0 Å². The predicted octanol–water partition coefficient (Wildman–Crippen LogP) is 3.41. The molecule has 0 bridgehead atoms. The summed E-state index contributed by atoms with van der Waals surface area (Å²) in [5.41, 5.74) is 3.00. The Morgan fingerprint density at radius 1 is 1.39 bits per heavy atom. The number of halogens is 2. The van der Waals surface area contributed by atoms with Crippen molar-refractivity contribution in [1.29, 1.82) is 0 Å². The number of furan rings is 1. The summed E-state index contributed by atoms with van der Waals surface area (Å²) in [5.74, 6) is 0.306. The molecule has 1 heterocycles. The van der Waals surface area contributed by atoms with Gasteiger partial charge < -0.3 is 4.42 Å². The van der Waals surface area contributed by atoms with Crippen molar-refractivity contribution in [3.05, 3.63) is 56.0 Å². The maximum atomic E-state index is 11.7. The molecule has 0 fully saturated rings. The molecule has 2 rings (SSSR count). The summed E-state index contributed by atoms with van der Waals surface area (Å²) in [7, 11) is 0. The molecule has 0 saturated heterocycles. The van der Waals surface area contributed by atoms with Crippen molar-refractivity contribution in [1.82, 2.24) is 5.43 Å². The maximum absolute atomic E-state index is 11.7. The van der Waals surface area contributed by atoms with Gasteiger partial charge in [-0.1, -0.05) is 6.07 Å². The molecule has 92 valence electrons. The Labute approximate surface area is 126 Å². The molecule has 0 spiro atoms. The SMILES string of the molecule is O=C(N/N=C\c1ccc(Br)o1)c1cccc(I)c1. The highest BCUT2D eigenvalue weighted by atomic mass is 127. The van der Waals surface area contributed by atoms with Crippen molar-refractivity contribution in [2.24, 2.45) is 5.10 Å². The summed E-state index contributed by atoms with van der Waals surface area (Å²) >= 11 is 5.33. The fourth-order valence-corrected chi connectivity index (χ4v) is 2.11. The first kappa shape index (κ1) is 13.3. The van der Waals surface area contributed by atoms with Gasteiger partial charge in [-0.2, -0.15) is 5.10 Å². The lowest BCUT2D eigenvalue weighted by molar-refractivity contribution is 0.0955. The highest BCUT2D eigenvalue weighted by Gasteiger charge is 2.03. The van der Waals surface area contributed by atoms with Crippen LogP contribution in [-0.4, -0.2) is 12.1 Å². The van der Waals surface area contributed by atoms with E-state index in [1.807, 2.05) is 12.1 Å². The highest BCUT2D eigenvalue weighted by molar-refractivity contribution is 14.1. The lowest BCUT2D eigenvalue weighted by Gasteiger charge is -1.99. The molecule has 0 radical (unpaired) electrons. The van der Waals surface area contributed by atoms with Gasteiger partial charge >= 0.3 is 0 Å². The smallest absolute Gasteiger partial charge is 0.271 e. The van der Waals surface area contributed by atoms with Gasteiger partial charge in [-0.3, -0.25) is 4.79 Å². The van der Waals surface area contributed by atoms with Gasteiger partial charge in [-0.05, 0) is 68.9 Å². The Morgan fingerprint density at radius 3 is 2.89 bits per heavy atom. The number of hydrazone groups is 1. The molecule has 6 heteroatoms. The molecule has 1 amide bonds. The summed E-state index contributed by atoms with van der Waals surface area (Å²) in [6, 6.07) is 10.8. The van der Waals surface area contributed by atoms with E-state index in [1.165, 1.54) is 6.21 Å². The van der Waals surface area contributed by atoms with E-state index in [9.17, 15) is 4.79 Å². The number of rotatable bonds is 3. The second-order valence-electron chi connectivity index (χ2n) is 3.35. The number of hydrogen-bond donors (Lipinski definition) is 1. The number of nitrogens with one attached hydrogen (secondary N) is 1. The zero-order valence-electron chi connectivity index (χ0n) is 9.06. The first-order valence-electron chi connectivity index (χ1n) is 4.99. The number of carbonyl (C=O) groups is 1. The van der Waals surface area contributed by atoms with Gasteiger partial charge in [0.15, 0.2) is 4.67 Å². The van der Waals surface area contributed by atoms with Crippen LogP contribution in [0.1, 0.15) is 16.1 Å². The summed E-state index contributed by atoms with van der Waals surface area (Å²) in [5, 5.41) is 3.82. The van der Waals surface area contributed by atoms with Gasteiger partial charge in [0.1, 0.15) is 5.76 Å². The van der Waals surface area contributed by atoms with Crippen molar-refractivity contribution in [3.8, 4) is 0 Å². The number of hydrogen-bond acceptors (Lipinski definition) is 3. The minimum Gasteiger partial charge on any atom is -0.448 e. The topological polar surface area (TPSA) is 54.6 Å². The molecule has 2 aromatic rings. The molecule has 1 aromatic heterocycles. The van der Waals surface area contributed by atoms with Crippen molar-refractivity contribution < 1.29 is 9.21 Å². The minimum absolute atomic E-state index is 0.254. The van der Waals surface area contributed by atoms with Crippen molar-refractivity contribution >= 4 is 50.6 Å². The third kappa shape index (κ3) is 3.67. The van der Waals surface area contributed by atoms with E-state index in [0.717, 1.165) is 3.57 Å². The summed E-state index contributed by atoms with van der Waals surface area (Å²) < 4.78 is 6.82. The van der Waals surface area contributed by atoms with Crippen LogP contribution in [0.3, 0.4) is 0 Å². The summed E-state index contributed by atoms with van der Waals surface area (Å²) in [6.07, 6.45) is 1.44. The zero-order chi connectivity index (χ0) is 13.0. The van der Waals surface area contributed by atoms with E-state index in [0.29, 0.717) is 16.0 Å². The van der Waals surface area contributed by atoms with Gasteiger partial charge in [0.25, 0.3) is 5.91 Å². The third-order valence-electron chi connectivity index (χ3n) is 2.04. The Balaban J connectivity index is 1.98. The minimum atomic E-state index is -0.254. The number of carbonyl (C=O) groups excluding carboxylic acids is 1. The van der Waals surface area contributed by atoms with Gasteiger partial charge in [0, 0.05) is 9.13 Å². The van der Waals surface area contributed by atoms with Crippen LogP contribution in [0.25, 0.3) is 0 Å². The standard InChI is InChI=1S/C12H8BrIN2O2/c13-11-5-4-10(18-11)7-15-16-12(17)8-2-1-3-9(14)6-8/h1-7H,(H,16,17)/b15-7-. The van der Waals surface area contributed by atoms with Gasteiger partial charge in [-0.15, -0.1) is 0 Å². The van der Waals surface area contributed by atoms with Crippen molar-refractivity contribution in [2.45, 2.75) is 0 Å². The number of benzene rings is 1. The predicted molar refractivity (Wildman–Crippen MR) is 80.6 cm³/mol. The summed E-state index contributed by atoms with van der Waals surface area (Å²) in [6.45, 7) is 0. The van der Waals surface area contributed by atoms with Crippen molar-refractivity contribution in [3.63, 3.8) is 0 Å². The molecule has 0 aliphatic rings. The molecule has 0 aliphatic carbocycles. The van der Waals surface area contributed by atoms with Crippen LogP contribution in [0.5, 0.6) is 0 Å². The van der Waals surface area contributed by atoms with Crippen LogP contribution >= 0.6 is 38.5 Å². The Morgan fingerprint density at radius 2 is 2.22 bits per heavy atom. The quantitative estimate of drug-likeness (QED) is 0.471. The Kier molecular flexibility index (Phi) is 4.54. The Hall–Kier alpha value is -1.15. The molecule has 18 heavy (non-hydrogen) atoms. The fourth-order valence-electron chi connectivity index (χ4n) is 1.25. The molecule has 1 N–H and O–H groups in total. The molecular formula is C12H8BrIN2O2. The van der Waals surface area contributed by atoms with Crippen LogP contribution in [0, 0.1) is 3.57 Å². The monoisotopic (exact) mass is 418 g/mol. The van der Waals surface area contributed by atoms with E-state index in [2.05, 4.69) is 49.0 Å². The lowest BCUT2D eigenvalue weighted by Crippen LogP contribution is -2.17. The molecular weight excluding hydrogens is 411 g/mol. The largest absolute Gasteiger partial charge is 0.448 e. The van der Waals surface area contributed by atoms with Crippen LogP contribution in [-0.2, 0) is 0 Å². The first-order valence-corrected chi connectivity index (χ1v) is 6.86. The fraction of sp³-hybridized carbons (Fsp3) is 0. The molecule has 0 atom stereocenters. The van der Waals surface area contributed by atoms with E-state index in [1.54, 1.807) is 24.3 Å². The zero-order valence-corrected chi connectivity index (χ0v) is 12.8. The van der Waals surface area contributed by atoms with E-state index in [-0.39, 0.29) is 5.91 Å². The number of nitrogens with zero attached hydrogens (tertiary/aromatic N) is 1. The van der Waals surface area contributed by atoms with E-state index < -0.39 is 0 Å². The number of amides is 1. The maximum Gasteiger partial charge on any atom is 0.271 e. The molecule has 0 saturated carbocycles. The second-order valence-corrected chi connectivity index (χ2v) is 5.38. The third-order valence-corrected chi connectivity index (χ3v) is 3.14. The summed E-state index contributed by atoms with van der Waals surface area (Å²) in [4.78, 5) is 11.7. The molecule has 0 aliphatic heterocycles. The average Bonchev–Trinajstić information content (AvgIpc) is 2.75. The van der Waals surface area contributed by atoms with Crippen LogP contribution in [0.15, 0.2) is 50.6 Å². The van der Waals surface area contributed by atoms with E-state index >= 15 is 0 Å². The van der Waals surface area contributed by atoms with Crippen LogP contribution in [0.2, 0.25) is 0 Å².